The number of carbonyl (C=O) groups is 1. The third kappa shape index (κ3) is 3.72. The molecular weight excluding hydrogens is 394 g/mol. The van der Waals surface area contributed by atoms with Gasteiger partial charge in [-0.2, -0.15) is 0 Å². The van der Waals surface area contributed by atoms with Gasteiger partial charge in [0.15, 0.2) is 11.5 Å². The van der Waals surface area contributed by atoms with Crippen molar-refractivity contribution in [3.63, 3.8) is 0 Å². The molecule has 0 spiro atoms. The lowest BCUT2D eigenvalue weighted by atomic mass is 10.0. The Morgan fingerprint density at radius 1 is 1.14 bits per heavy atom. The van der Waals surface area contributed by atoms with Crippen LogP contribution in [0.1, 0.15) is 41.4 Å². The van der Waals surface area contributed by atoms with Crippen molar-refractivity contribution >= 4 is 15.9 Å². The summed E-state index contributed by atoms with van der Waals surface area (Å²) in [5.41, 5.74) is 1.34. The maximum atomic E-state index is 13.3. The van der Waals surface area contributed by atoms with Crippen LogP contribution in [0.2, 0.25) is 0 Å². The van der Waals surface area contributed by atoms with Crippen molar-refractivity contribution in [2.24, 2.45) is 7.05 Å². The zero-order valence-corrected chi connectivity index (χ0v) is 17.4. The third-order valence-corrected chi connectivity index (χ3v) is 6.83. The second kappa shape index (κ2) is 7.72. The molecular formula is C20H25N3O5S. The van der Waals surface area contributed by atoms with E-state index < -0.39 is 10.0 Å². The first-order chi connectivity index (χ1) is 13.9. The SMILES string of the molecule is CNS(=O)(=O)c1cc(C(=O)N2CCC[C@H]2c2ccc3c(c2)OCCCO3)n(C)c1. The van der Waals surface area contributed by atoms with Crippen LogP contribution >= 0.6 is 0 Å². The van der Waals surface area contributed by atoms with Crippen molar-refractivity contribution in [1.29, 1.82) is 0 Å². The summed E-state index contributed by atoms with van der Waals surface area (Å²) in [5, 5.41) is 0. The second-order valence-corrected chi connectivity index (χ2v) is 9.18. The summed E-state index contributed by atoms with van der Waals surface area (Å²) in [6.45, 7) is 1.86. The number of benzene rings is 1. The van der Waals surface area contributed by atoms with Crippen LogP contribution in [0.15, 0.2) is 35.4 Å². The fraction of sp³-hybridized carbons (Fsp3) is 0.450. The number of hydrogen-bond acceptors (Lipinski definition) is 5. The molecule has 0 aliphatic carbocycles. The van der Waals surface area contributed by atoms with Gasteiger partial charge in [-0.25, -0.2) is 13.1 Å². The van der Waals surface area contributed by atoms with Crippen LogP contribution in [0.25, 0.3) is 0 Å². The van der Waals surface area contributed by atoms with E-state index in [9.17, 15) is 13.2 Å². The monoisotopic (exact) mass is 419 g/mol. The van der Waals surface area contributed by atoms with Crippen LogP contribution in [0.3, 0.4) is 0 Å². The molecule has 8 nitrogen and oxygen atoms in total. The van der Waals surface area contributed by atoms with E-state index in [2.05, 4.69) is 4.72 Å². The highest BCUT2D eigenvalue weighted by atomic mass is 32.2. The molecule has 4 rings (SSSR count). The fourth-order valence-corrected chi connectivity index (χ4v) is 4.70. The number of likely N-dealkylation sites (tertiary alicyclic amines) is 1. The minimum absolute atomic E-state index is 0.0807. The minimum atomic E-state index is -3.61. The largest absolute Gasteiger partial charge is 0.490 e. The predicted molar refractivity (Wildman–Crippen MR) is 107 cm³/mol. The highest BCUT2D eigenvalue weighted by Gasteiger charge is 2.33. The Balaban J connectivity index is 1.62. The molecule has 1 atom stereocenters. The van der Waals surface area contributed by atoms with E-state index in [-0.39, 0.29) is 16.8 Å². The maximum Gasteiger partial charge on any atom is 0.271 e. The molecule has 0 saturated carbocycles. The summed E-state index contributed by atoms with van der Waals surface area (Å²) in [5.74, 6) is 1.26. The predicted octanol–water partition coefficient (Wildman–Crippen LogP) is 2.07. The molecule has 29 heavy (non-hydrogen) atoms. The highest BCUT2D eigenvalue weighted by Crippen LogP contribution is 2.38. The molecule has 0 radical (unpaired) electrons. The number of aromatic nitrogens is 1. The van der Waals surface area contributed by atoms with E-state index in [1.165, 1.54) is 19.3 Å². The van der Waals surface area contributed by atoms with E-state index in [1.54, 1.807) is 11.6 Å². The van der Waals surface area contributed by atoms with E-state index in [0.29, 0.717) is 31.2 Å². The Labute approximate surface area is 170 Å². The molecule has 156 valence electrons. The highest BCUT2D eigenvalue weighted by molar-refractivity contribution is 7.89. The van der Waals surface area contributed by atoms with Gasteiger partial charge in [0.2, 0.25) is 10.0 Å². The quantitative estimate of drug-likeness (QED) is 0.820. The standard InChI is InChI=1S/C20H25N3O5S/c1-21-29(25,26)15-12-17(22(2)13-15)20(24)23-8-3-5-16(23)14-6-7-18-19(11-14)28-10-4-9-27-18/h6-7,11-13,16,21H,3-5,8-10H2,1-2H3/t16-/m0/s1. The Morgan fingerprint density at radius 2 is 1.90 bits per heavy atom. The van der Waals surface area contributed by atoms with E-state index >= 15 is 0 Å². The van der Waals surface area contributed by atoms with Gasteiger partial charge in [0.1, 0.15) is 10.6 Å². The second-order valence-electron chi connectivity index (χ2n) is 7.29. The molecule has 1 saturated heterocycles. The lowest BCUT2D eigenvalue weighted by Gasteiger charge is -2.26. The number of amides is 1. The fourth-order valence-electron chi connectivity index (χ4n) is 3.90. The van der Waals surface area contributed by atoms with E-state index in [4.69, 9.17) is 9.47 Å². The zero-order chi connectivity index (χ0) is 20.6. The van der Waals surface area contributed by atoms with Gasteiger partial charge in [0.25, 0.3) is 5.91 Å². The smallest absolute Gasteiger partial charge is 0.271 e. The molecule has 0 bridgehead atoms. The van der Waals surface area contributed by atoms with Gasteiger partial charge in [-0.05, 0) is 43.7 Å². The Hall–Kier alpha value is -2.52. The number of aryl methyl sites for hydroxylation is 1. The van der Waals surface area contributed by atoms with Gasteiger partial charge in [-0.3, -0.25) is 4.79 Å². The molecule has 1 amide bonds. The topological polar surface area (TPSA) is 89.9 Å². The Morgan fingerprint density at radius 3 is 2.66 bits per heavy atom. The van der Waals surface area contributed by atoms with Crippen molar-refractivity contribution in [3.8, 4) is 11.5 Å². The van der Waals surface area contributed by atoms with Gasteiger partial charge in [-0.15, -0.1) is 0 Å². The molecule has 1 aromatic carbocycles. The lowest BCUT2D eigenvalue weighted by Crippen LogP contribution is -2.31. The summed E-state index contributed by atoms with van der Waals surface area (Å²) < 4.78 is 39.5. The van der Waals surface area contributed by atoms with Crippen LogP contribution in [-0.4, -0.2) is 50.6 Å². The molecule has 0 unspecified atom stereocenters. The first-order valence-electron chi connectivity index (χ1n) is 9.71. The lowest BCUT2D eigenvalue weighted by molar-refractivity contribution is 0.0725. The van der Waals surface area contributed by atoms with Gasteiger partial charge < -0.3 is 18.9 Å². The third-order valence-electron chi connectivity index (χ3n) is 5.45. The van der Waals surface area contributed by atoms with Crippen molar-refractivity contribution < 1.29 is 22.7 Å². The number of hydrogen-bond donors (Lipinski definition) is 1. The summed E-state index contributed by atoms with van der Waals surface area (Å²) >= 11 is 0. The summed E-state index contributed by atoms with van der Waals surface area (Å²) in [6, 6.07) is 7.18. The number of nitrogens with zero attached hydrogens (tertiary/aromatic N) is 2. The summed E-state index contributed by atoms with van der Waals surface area (Å²) in [7, 11) is -0.576. The van der Waals surface area contributed by atoms with Crippen LogP contribution in [0, 0.1) is 0 Å². The molecule has 2 aliphatic rings. The first-order valence-corrected chi connectivity index (χ1v) is 11.2. The molecule has 1 fully saturated rings. The normalized spacial score (nSPS) is 19.2. The molecule has 9 heteroatoms. The van der Waals surface area contributed by atoms with Crippen molar-refractivity contribution in [2.45, 2.75) is 30.2 Å². The molecule has 1 N–H and O–H groups in total. The van der Waals surface area contributed by atoms with Gasteiger partial charge in [0, 0.05) is 26.2 Å². The molecule has 3 heterocycles. The number of rotatable bonds is 4. The number of sulfonamides is 1. The molecule has 2 aliphatic heterocycles. The number of fused-ring (bicyclic) bond motifs is 1. The maximum absolute atomic E-state index is 13.3. The molecule has 2 aromatic rings. The van der Waals surface area contributed by atoms with Crippen LogP contribution in [0.5, 0.6) is 11.5 Å². The van der Waals surface area contributed by atoms with Crippen LogP contribution < -0.4 is 14.2 Å². The Bertz CT molecular complexity index is 1030. The van der Waals surface area contributed by atoms with Crippen molar-refractivity contribution in [2.75, 3.05) is 26.8 Å². The molecule has 1 aromatic heterocycles. The number of carbonyl (C=O) groups excluding carboxylic acids is 1. The number of ether oxygens (including phenoxy) is 2. The van der Waals surface area contributed by atoms with Crippen LogP contribution in [-0.2, 0) is 17.1 Å². The van der Waals surface area contributed by atoms with E-state index in [1.807, 2.05) is 23.1 Å². The summed E-state index contributed by atoms with van der Waals surface area (Å²) in [6.07, 6.45) is 4.02. The van der Waals surface area contributed by atoms with Gasteiger partial charge >= 0.3 is 0 Å². The van der Waals surface area contributed by atoms with E-state index in [0.717, 1.165) is 30.6 Å². The summed E-state index contributed by atoms with van der Waals surface area (Å²) in [4.78, 5) is 15.1. The first kappa shape index (κ1) is 19.8. The number of nitrogens with one attached hydrogen (secondary N) is 1. The average Bonchev–Trinajstić information content (AvgIpc) is 3.28. The minimum Gasteiger partial charge on any atom is -0.490 e. The van der Waals surface area contributed by atoms with Gasteiger partial charge in [0.05, 0.1) is 19.3 Å². The Kier molecular flexibility index (Phi) is 5.26. The van der Waals surface area contributed by atoms with Crippen molar-refractivity contribution in [1.82, 2.24) is 14.2 Å². The van der Waals surface area contributed by atoms with Crippen LogP contribution in [0.4, 0.5) is 0 Å². The zero-order valence-electron chi connectivity index (χ0n) is 16.6. The van der Waals surface area contributed by atoms with Gasteiger partial charge in [-0.1, -0.05) is 6.07 Å². The average molecular weight is 420 g/mol. The van der Waals surface area contributed by atoms with Crippen molar-refractivity contribution in [3.05, 3.63) is 41.7 Å².